The minimum atomic E-state index is -0.534. The maximum Gasteiger partial charge on any atom is 0.267 e. The number of amides is 1. The van der Waals surface area contributed by atoms with Crippen LogP contribution in [0.15, 0.2) is 24.3 Å². The highest BCUT2D eigenvalue weighted by Gasteiger charge is 2.36. The fourth-order valence-corrected chi connectivity index (χ4v) is 3.42. The first-order chi connectivity index (χ1) is 9.75. The number of carbonyl (C=O) groups excluding carboxylic acids is 1. The molecule has 0 radical (unpaired) electrons. The molecule has 0 unspecified atom stereocenters. The van der Waals surface area contributed by atoms with E-state index in [-0.39, 0.29) is 12.0 Å². The summed E-state index contributed by atoms with van der Waals surface area (Å²) in [6, 6.07) is 7.51. The van der Waals surface area contributed by atoms with Crippen LogP contribution in [0.5, 0.6) is 11.5 Å². The SMILES string of the molecule is C[C@H]1Oc2ccccc2O[C@H]1C(=O)N1CCCSCC1. The number of nitrogens with zero attached hydrogens (tertiary/aromatic N) is 1. The molecule has 1 aromatic carbocycles. The first kappa shape index (κ1) is 13.6. The van der Waals surface area contributed by atoms with Crippen LogP contribution in [0, 0.1) is 0 Å². The summed E-state index contributed by atoms with van der Waals surface area (Å²) < 4.78 is 11.7. The van der Waals surface area contributed by atoms with Gasteiger partial charge in [-0.3, -0.25) is 4.79 Å². The summed E-state index contributed by atoms with van der Waals surface area (Å²) >= 11 is 1.91. The van der Waals surface area contributed by atoms with Crippen LogP contribution in [0.4, 0.5) is 0 Å². The van der Waals surface area contributed by atoms with E-state index in [0.29, 0.717) is 5.75 Å². The van der Waals surface area contributed by atoms with Crippen molar-refractivity contribution in [1.29, 1.82) is 0 Å². The standard InChI is InChI=1S/C15H19NO3S/c1-11-14(15(17)16-7-4-9-20-10-8-16)19-13-6-3-2-5-12(13)18-11/h2-3,5-6,11,14H,4,7-10H2,1H3/t11-,14-/m1/s1. The number of rotatable bonds is 1. The lowest BCUT2D eigenvalue weighted by Gasteiger charge is -2.34. The summed E-state index contributed by atoms with van der Waals surface area (Å²) in [4.78, 5) is 14.6. The van der Waals surface area contributed by atoms with E-state index in [9.17, 15) is 4.79 Å². The molecule has 20 heavy (non-hydrogen) atoms. The second kappa shape index (κ2) is 5.95. The molecule has 1 saturated heterocycles. The van der Waals surface area contributed by atoms with Gasteiger partial charge in [-0.25, -0.2) is 0 Å². The monoisotopic (exact) mass is 293 g/mol. The molecule has 108 valence electrons. The third-order valence-corrected chi connectivity index (χ3v) is 4.67. The third-order valence-electron chi connectivity index (χ3n) is 3.62. The number of hydrogen-bond acceptors (Lipinski definition) is 4. The van der Waals surface area contributed by atoms with Gasteiger partial charge in [-0.1, -0.05) is 12.1 Å². The Morgan fingerprint density at radius 3 is 2.75 bits per heavy atom. The highest BCUT2D eigenvalue weighted by atomic mass is 32.2. The van der Waals surface area contributed by atoms with Crippen molar-refractivity contribution in [2.45, 2.75) is 25.6 Å². The Balaban J connectivity index is 1.75. The van der Waals surface area contributed by atoms with Gasteiger partial charge in [0.15, 0.2) is 11.5 Å². The second-order valence-electron chi connectivity index (χ2n) is 5.10. The summed E-state index contributed by atoms with van der Waals surface area (Å²) in [6.45, 7) is 3.52. The van der Waals surface area contributed by atoms with Gasteiger partial charge >= 0.3 is 0 Å². The van der Waals surface area contributed by atoms with Gasteiger partial charge in [0.05, 0.1) is 0 Å². The number of para-hydroxylation sites is 2. The van der Waals surface area contributed by atoms with Gasteiger partial charge in [-0.15, -0.1) is 0 Å². The quantitative estimate of drug-likeness (QED) is 0.795. The lowest BCUT2D eigenvalue weighted by molar-refractivity contribution is -0.144. The molecule has 3 rings (SSSR count). The van der Waals surface area contributed by atoms with Crippen LogP contribution in [-0.4, -0.2) is 47.6 Å². The Kier molecular flexibility index (Phi) is 4.05. The maximum absolute atomic E-state index is 12.6. The molecule has 0 aliphatic carbocycles. The molecule has 1 aromatic rings. The number of fused-ring (bicyclic) bond motifs is 1. The van der Waals surface area contributed by atoms with Crippen LogP contribution in [0.1, 0.15) is 13.3 Å². The molecule has 0 spiro atoms. The summed E-state index contributed by atoms with van der Waals surface area (Å²) in [5.74, 6) is 3.56. The van der Waals surface area contributed by atoms with E-state index in [2.05, 4.69) is 0 Å². The van der Waals surface area contributed by atoms with Gasteiger partial charge in [0.25, 0.3) is 5.91 Å². The molecule has 1 fully saturated rings. The van der Waals surface area contributed by atoms with Crippen LogP contribution >= 0.6 is 11.8 Å². The van der Waals surface area contributed by atoms with Crippen molar-refractivity contribution in [2.24, 2.45) is 0 Å². The maximum atomic E-state index is 12.6. The predicted octanol–water partition coefficient (Wildman–Crippen LogP) is 2.18. The van der Waals surface area contributed by atoms with Crippen LogP contribution in [-0.2, 0) is 4.79 Å². The number of benzene rings is 1. The predicted molar refractivity (Wildman–Crippen MR) is 79.5 cm³/mol. The Morgan fingerprint density at radius 1 is 1.20 bits per heavy atom. The molecule has 0 aromatic heterocycles. The van der Waals surface area contributed by atoms with Crippen molar-refractivity contribution in [3.63, 3.8) is 0 Å². The zero-order valence-corrected chi connectivity index (χ0v) is 12.4. The zero-order valence-electron chi connectivity index (χ0n) is 11.6. The Hall–Kier alpha value is -1.36. The normalized spacial score (nSPS) is 25.9. The minimum absolute atomic E-state index is 0.0505. The van der Waals surface area contributed by atoms with E-state index in [0.717, 1.165) is 36.8 Å². The number of ether oxygens (including phenoxy) is 2. The average Bonchev–Trinajstić information content (AvgIpc) is 2.75. The zero-order chi connectivity index (χ0) is 13.9. The smallest absolute Gasteiger partial charge is 0.267 e. The van der Waals surface area contributed by atoms with Crippen LogP contribution in [0.3, 0.4) is 0 Å². The molecule has 0 N–H and O–H groups in total. The summed E-state index contributed by atoms with van der Waals surface area (Å²) in [6.07, 6.45) is 0.260. The molecule has 2 heterocycles. The summed E-state index contributed by atoms with van der Waals surface area (Å²) in [7, 11) is 0. The van der Waals surface area contributed by atoms with Crippen molar-refractivity contribution in [2.75, 3.05) is 24.6 Å². The van der Waals surface area contributed by atoms with E-state index in [1.54, 1.807) is 0 Å². The van der Waals surface area contributed by atoms with E-state index in [4.69, 9.17) is 9.47 Å². The Morgan fingerprint density at radius 2 is 1.95 bits per heavy atom. The number of carbonyl (C=O) groups is 1. The average molecular weight is 293 g/mol. The summed E-state index contributed by atoms with van der Waals surface area (Å²) in [5, 5.41) is 0. The van der Waals surface area contributed by atoms with Gasteiger partial charge in [0.2, 0.25) is 6.10 Å². The first-order valence-corrected chi connectivity index (χ1v) is 8.20. The Bertz CT molecular complexity index is 486. The van der Waals surface area contributed by atoms with Gasteiger partial charge in [-0.2, -0.15) is 11.8 Å². The van der Waals surface area contributed by atoms with Crippen molar-refractivity contribution in [1.82, 2.24) is 4.90 Å². The highest BCUT2D eigenvalue weighted by Crippen LogP contribution is 2.34. The lowest BCUT2D eigenvalue weighted by Crippen LogP contribution is -2.51. The summed E-state index contributed by atoms with van der Waals surface area (Å²) in [5.41, 5.74) is 0. The minimum Gasteiger partial charge on any atom is -0.482 e. The largest absolute Gasteiger partial charge is 0.482 e. The number of hydrogen-bond donors (Lipinski definition) is 0. The molecule has 2 aliphatic rings. The molecule has 1 amide bonds. The van der Waals surface area contributed by atoms with E-state index < -0.39 is 6.10 Å². The fourth-order valence-electron chi connectivity index (χ4n) is 2.54. The molecule has 4 nitrogen and oxygen atoms in total. The van der Waals surface area contributed by atoms with E-state index in [1.807, 2.05) is 47.9 Å². The number of thioether (sulfide) groups is 1. The molecule has 5 heteroatoms. The van der Waals surface area contributed by atoms with Crippen molar-refractivity contribution < 1.29 is 14.3 Å². The van der Waals surface area contributed by atoms with Gasteiger partial charge in [-0.05, 0) is 31.2 Å². The molecular formula is C15H19NO3S. The van der Waals surface area contributed by atoms with Crippen molar-refractivity contribution in [3.05, 3.63) is 24.3 Å². The molecular weight excluding hydrogens is 274 g/mol. The van der Waals surface area contributed by atoms with Crippen LogP contribution < -0.4 is 9.47 Å². The van der Waals surface area contributed by atoms with Crippen molar-refractivity contribution >= 4 is 17.7 Å². The van der Waals surface area contributed by atoms with E-state index in [1.165, 1.54) is 0 Å². The van der Waals surface area contributed by atoms with E-state index >= 15 is 0 Å². The Labute approximate surface area is 123 Å². The van der Waals surface area contributed by atoms with Crippen molar-refractivity contribution in [3.8, 4) is 11.5 Å². The fraction of sp³-hybridized carbons (Fsp3) is 0.533. The van der Waals surface area contributed by atoms with Crippen LogP contribution in [0.25, 0.3) is 0 Å². The highest BCUT2D eigenvalue weighted by molar-refractivity contribution is 7.99. The first-order valence-electron chi connectivity index (χ1n) is 7.04. The topological polar surface area (TPSA) is 38.8 Å². The second-order valence-corrected chi connectivity index (χ2v) is 6.32. The molecule has 2 atom stereocenters. The van der Waals surface area contributed by atoms with Gasteiger partial charge in [0, 0.05) is 18.8 Å². The molecule has 0 bridgehead atoms. The molecule has 0 saturated carbocycles. The van der Waals surface area contributed by atoms with Gasteiger partial charge < -0.3 is 14.4 Å². The lowest BCUT2D eigenvalue weighted by atomic mass is 10.1. The van der Waals surface area contributed by atoms with Crippen LogP contribution in [0.2, 0.25) is 0 Å². The van der Waals surface area contributed by atoms with Gasteiger partial charge in [0.1, 0.15) is 6.10 Å². The third kappa shape index (κ3) is 2.73. The molecule has 2 aliphatic heterocycles.